The fraction of sp³-hybridized carbons (Fsp3) is 0.500. The van der Waals surface area contributed by atoms with E-state index in [-0.39, 0.29) is 11.7 Å². The van der Waals surface area contributed by atoms with Gasteiger partial charge in [-0.2, -0.15) is 0 Å². The quantitative estimate of drug-likeness (QED) is 0.280. The molecule has 0 aliphatic heterocycles. The third kappa shape index (κ3) is 5.07. The van der Waals surface area contributed by atoms with Crippen LogP contribution in [0.4, 0.5) is 0 Å². The van der Waals surface area contributed by atoms with Gasteiger partial charge in [0.15, 0.2) is 5.96 Å². The molecular weight excluding hydrogens is 256 g/mol. The van der Waals surface area contributed by atoms with Gasteiger partial charge in [0.2, 0.25) is 0 Å². The number of phenols is 1. The van der Waals surface area contributed by atoms with Crippen LogP contribution in [0.2, 0.25) is 0 Å². The van der Waals surface area contributed by atoms with Crippen LogP contribution >= 0.6 is 0 Å². The third-order valence-corrected chi connectivity index (χ3v) is 3.04. The van der Waals surface area contributed by atoms with E-state index in [9.17, 15) is 10.2 Å². The highest BCUT2D eigenvalue weighted by molar-refractivity contribution is 5.75. The topological polar surface area (TPSA) is 117 Å². The smallest absolute Gasteiger partial charge is 0.185 e. The zero-order chi connectivity index (χ0) is 15.1. The summed E-state index contributed by atoms with van der Waals surface area (Å²) in [5, 5.41) is 22.9. The Bertz CT molecular complexity index is 447. The molecule has 112 valence electrons. The molecule has 1 unspecified atom stereocenters. The standard InChI is InChI=1S/C14H24N4O2/c1-9-6-11(7-10(2)13(9)20)12(19)8-17-4-3-5-18-14(15)16/h6-7,12,17,19-20H,3-5,8H2,1-2H3,(H4,15,16,18). The second-order valence-corrected chi connectivity index (χ2v) is 4.88. The molecule has 0 fully saturated rings. The highest BCUT2D eigenvalue weighted by Gasteiger charge is 2.10. The van der Waals surface area contributed by atoms with Gasteiger partial charge in [-0.25, -0.2) is 0 Å². The first-order valence-corrected chi connectivity index (χ1v) is 6.66. The number of nitrogens with zero attached hydrogens (tertiary/aromatic N) is 1. The summed E-state index contributed by atoms with van der Waals surface area (Å²) in [6, 6.07) is 3.60. The fourth-order valence-corrected chi connectivity index (χ4v) is 1.95. The number of aryl methyl sites for hydroxylation is 2. The molecule has 0 aromatic heterocycles. The van der Waals surface area contributed by atoms with Gasteiger partial charge in [-0.1, -0.05) is 0 Å². The first-order chi connectivity index (χ1) is 9.41. The molecule has 0 saturated carbocycles. The maximum absolute atomic E-state index is 10.1. The second-order valence-electron chi connectivity index (χ2n) is 4.88. The lowest BCUT2D eigenvalue weighted by atomic mass is 10.0. The summed E-state index contributed by atoms with van der Waals surface area (Å²) in [4.78, 5) is 3.87. The van der Waals surface area contributed by atoms with Crippen LogP contribution in [0.1, 0.15) is 29.2 Å². The van der Waals surface area contributed by atoms with Gasteiger partial charge in [-0.15, -0.1) is 0 Å². The van der Waals surface area contributed by atoms with Crippen LogP contribution < -0.4 is 16.8 Å². The van der Waals surface area contributed by atoms with Gasteiger partial charge in [-0.05, 0) is 55.6 Å². The van der Waals surface area contributed by atoms with Crippen molar-refractivity contribution in [1.82, 2.24) is 5.32 Å². The van der Waals surface area contributed by atoms with E-state index in [0.29, 0.717) is 13.1 Å². The van der Waals surface area contributed by atoms with Gasteiger partial charge in [0.05, 0.1) is 6.10 Å². The summed E-state index contributed by atoms with van der Waals surface area (Å²) in [6.07, 6.45) is 0.203. The Labute approximate surface area is 119 Å². The van der Waals surface area contributed by atoms with Crippen molar-refractivity contribution in [1.29, 1.82) is 0 Å². The number of rotatable bonds is 7. The summed E-state index contributed by atoms with van der Waals surface area (Å²) in [7, 11) is 0. The predicted octanol–water partition coefficient (Wildman–Crippen LogP) is 0.296. The highest BCUT2D eigenvalue weighted by Crippen LogP contribution is 2.25. The Morgan fingerprint density at radius 2 is 1.90 bits per heavy atom. The van der Waals surface area contributed by atoms with E-state index in [0.717, 1.165) is 29.7 Å². The monoisotopic (exact) mass is 280 g/mol. The lowest BCUT2D eigenvalue weighted by Crippen LogP contribution is -2.25. The number of phenolic OH excluding ortho intramolecular Hbond substituents is 1. The van der Waals surface area contributed by atoms with Gasteiger partial charge >= 0.3 is 0 Å². The molecule has 0 aliphatic carbocycles. The number of benzene rings is 1. The van der Waals surface area contributed by atoms with Gasteiger partial charge in [0.25, 0.3) is 0 Å². The number of hydrogen-bond acceptors (Lipinski definition) is 4. The van der Waals surface area contributed by atoms with Gasteiger partial charge in [-0.3, -0.25) is 4.99 Å². The number of nitrogens with two attached hydrogens (primary N) is 2. The molecule has 0 saturated heterocycles. The molecule has 0 amide bonds. The van der Waals surface area contributed by atoms with Crippen molar-refractivity contribution in [3.63, 3.8) is 0 Å². The Balaban J connectivity index is 2.40. The third-order valence-electron chi connectivity index (χ3n) is 3.04. The molecular formula is C14H24N4O2. The lowest BCUT2D eigenvalue weighted by Gasteiger charge is -2.14. The number of hydrogen-bond donors (Lipinski definition) is 5. The number of guanidine groups is 1. The van der Waals surface area contributed by atoms with Crippen molar-refractivity contribution in [2.24, 2.45) is 16.5 Å². The fourth-order valence-electron chi connectivity index (χ4n) is 1.95. The minimum Gasteiger partial charge on any atom is -0.507 e. The molecule has 0 spiro atoms. The SMILES string of the molecule is Cc1cc(C(O)CNCCCN=C(N)N)cc(C)c1O. The summed E-state index contributed by atoms with van der Waals surface area (Å²) in [5.74, 6) is 0.381. The molecule has 20 heavy (non-hydrogen) atoms. The van der Waals surface area contributed by atoms with Crippen molar-refractivity contribution in [3.05, 3.63) is 28.8 Å². The molecule has 1 atom stereocenters. The van der Waals surface area contributed by atoms with Gasteiger partial charge in [0, 0.05) is 13.1 Å². The van der Waals surface area contributed by atoms with Crippen molar-refractivity contribution in [2.75, 3.05) is 19.6 Å². The van der Waals surface area contributed by atoms with E-state index >= 15 is 0 Å². The van der Waals surface area contributed by atoms with Crippen molar-refractivity contribution >= 4 is 5.96 Å². The van der Waals surface area contributed by atoms with E-state index in [2.05, 4.69) is 10.3 Å². The van der Waals surface area contributed by atoms with Crippen molar-refractivity contribution in [2.45, 2.75) is 26.4 Å². The first kappa shape index (κ1) is 16.3. The first-order valence-electron chi connectivity index (χ1n) is 6.66. The predicted molar refractivity (Wildman–Crippen MR) is 80.7 cm³/mol. The number of aliphatic hydroxyl groups is 1. The van der Waals surface area contributed by atoms with Crippen molar-refractivity contribution in [3.8, 4) is 5.75 Å². The van der Waals surface area contributed by atoms with E-state index < -0.39 is 6.10 Å². The Kier molecular flexibility index (Phi) is 6.27. The minimum absolute atomic E-state index is 0.0973. The van der Waals surface area contributed by atoms with E-state index in [1.807, 2.05) is 13.8 Å². The lowest BCUT2D eigenvalue weighted by molar-refractivity contribution is 0.174. The van der Waals surface area contributed by atoms with Crippen LogP contribution in [0.15, 0.2) is 17.1 Å². The molecule has 7 N–H and O–H groups in total. The highest BCUT2D eigenvalue weighted by atomic mass is 16.3. The van der Waals surface area contributed by atoms with Crippen LogP contribution in [0.5, 0.6) is 5.75 Å². The number of aliphatic imine (C=N–C) groups is 1. The van der Waals surface area contributed by atoms with Crippen LogP contribution in [-0.2, 0) is 0 Å². The maximum atomic E-state index is 10.1. The largest absolute Gasteiger partial charge is 0.507 e. The summed E-state index contributed by atoms with van der Waals surface area (Å²) in [5.41, 5.74) is 12.8. The molecule has 1 aromatic rings. The number of nitrogens with one attached hydrogen (secondary N) is 1. The Morgan fingerprint density at radius 1 is 1.30 bits per heavy atom. The van der Waals surface area contributed by atoms with Crippen LogP contribution in [0, 0.1) is 13.8 Å². The van der Waals surface area contributed by atoms with Crippen molar-refractivity contribution < 1.29 is 10.2 Å². The van der Waals surface area contributed by atoms with E-state index in [1.54, 1.807) is 12.1 Å². The summed E-state index contributed by atoms with van der Waals surface area (Å²) >= 11 is 0. The van der Waals surface area contributed by atoms with Crippen LogP contribution in [0.25, 0.3) is 0 Å². The molecule has 1 aromatic carbocycles. The average molecular weight is 280 g/mol. The number of aromatic hydroxyl groups is 1. The molecule has 0 aliphatic rings. The van der Waals surface area contributed by atoms with Crippen LogP contribution in [-0.4, -0.2) is 35.8 Å². The minimum atomic E-state index is -0.601. The zero-order valence-corrected chi connectivity index (χ0v) is 12.1. The molecule has 6 heteroatoms. The average Bonchev–Trinajstić information content (AvgIpc) is 2.38. The molecule has 0 radical (unpaired) electrons. The van der Waals surface area contributed by atoms with Gasteiger partial charge in [0.1, 0.15) is 5.75 Å². The second kappa shape index (κ2) is 7.72. The van der Waals surface area contributed by atoms with E-state index in [1.165, 1.54) is 0 Å². The Hall–Kier alpha value is -1.79. The van der Waals surface area contributed by atoms with Gasteiger partial charge < -0.3 is 27.0 Å². The molecule has 6 nitrogen and oxygen atoms in total. The summed E-state index contributed by atoms with van der Waals surface area (Å²) in [6.45, 7) is 5.39. The Morgan fingerprint density at radius 3 is 2.45 bits per heavy atom. The molecule has 0 heterocycles. The van der Waals surface area contributed by atoms with E-state index in [4.69, 9.17) is 11.5 Å². The normalized spacial score (nSPS) is 12.2. The van der Waals surface area contributed by atoms with Crippen LogP contribution in [0.3, 0.4) is 0 Å². The molecule has 0 bridgehead atoms. The zero-order valence-electron chi connectivity index (χ0n) is 12.1. The number of aliphatic hydroxyl groups excluding tert-OH is 1. The maximum Gasteiger partial charge on any atom is 0.185 e. The molecule has 1 rings (SSSR count). The summed E-state index contributed by atoms with van der Waals surface area (Å²) < 4.78 is 0.